The van der Waals surface area contributed by atoms with E-state index < -0.39 is 18.1 Å². The van der Waals surface area contributed by atoms with Crippen LogP contribution < -0.4 is 16.0 Å². The van der Waals surface area contributed by atoms with Crippen LogP contribution in [-0.2, 0) is 4.79 Å². The molecule has 102 valence electrons. The number of carbonyl (C=O) groups excluding carboxylic acids is 3. The molecule has 2 aliphatic heterocycles. The largest absolute Gasteiger partial charge is 0.322 e. The van der Waals surface area contributed by atoms with Gasteiger partial charge in [0.1, 0.15) is 0 Å². The van der Waals surface area contributed by atoms with Crippen LogP contribution in [0.4, 0.5) is 4.79 Å². The van der Waals surface area contributed by atoms with E-state index >= 15 is 0 Å². The number of urea groups is 1. The molecule has 2 fully saturated rings. The molecule has 0 saturated carbocycles. The second-order valence-corrected chi connectivity index (χ2v) is 5.48. The summed E-state index contributed by atoms with van der Waals surface area (Å²) in [6.07, 6.45) is 0.0542. The molecular weight excluding hydrogens is 258 g/mol. The van der Waals surface area contributed by atoms with E-state index in [1.54, 1.807) is 0 Å². The number of piperidine rings is 1. The lowest BCUT2D eigenvalue weighted by Crippen LogP contribution is -2.66. The SMILES string of the molecule is O=C1NC(=O)C2CC3C(=O)c4ccccc4C3NC2N1. The first-order chi connectivity index (χ1) is 9.65. The molecular formula is C14H13N3O3. The molecule has 1 aliphatic carbocycles. The Balaban J connectivity index is 1.72. The average Bonchev–Trinajstić information content (AvgIpc) is 2.71. The van der Waals surface area contributed by atoms with E-state index in [4.69, 9.17) is 0 Å². The molecule has 4 atom stereocenters. The summed E-state index contributed by atoms with van der Waals surface area (Å²) in [5.41, 5.74) is 1.68. The van der Waals surface area contributed by atoms with Crippen LogP contribution >= 0.6 is 0 Å². The number of fused-ring (bicyclic) bond motifs is 4. The summed E-state index contributed by atoms with van der Waals surface area (Å²) in [5.74, 6) is -0.851. The van der Waals surface area contributed by atoms with Gasteiger partial charge in [0, 0.05) is 17.5 Å². The maximum atomic E-state index is 12.4. The van der Waals surface area contributed by atoms with Gasteiger partial charge < -0.3 is 5.32 Å². The van der Waals surface area contributed by atoms with E-state index in [0.29, 0.717) is 6.42 Å². The predicted molar refractivity (Wildman–Crippen MR) is 68.7 cm³/mol. The van der Waals surface area contributed by atoms with E-state index in [1.807, 2.05) is 24.3 Å². The van der Waals surface area contributed by atoms with Crippen molar-refractivity contribution in [2.24, 2.45) is 11.8 Å². The number of nitrogens with one attached hydrogen (secondary N) is 3. The second-order valence-electron chi connectivity index (χ2n) is 5.48. The van der Waals surface area contributed by atoms with Crippen molar-refractivity contribution in [3.63, 3.8) is 0 Å². The molecule has 0 aromatic heterocycles. The monoisotopic (exact) mass is 271 g/mol. The van der Waals surface area contributed by atoms with E-state index in [0.717, 1.165) is 11.1 Å². The number of ketones is 1. The summed E-state index contributed by atoms with van der Waals surface area (Å²) in [5, 5.41) is 8.22. The molecule has 1 aromatic rings. The molecule has 0 radical (unpaired) electrons. The van der Waals surface area contributed by atoms with Crippen LogP contribution in [0.25, 0.3) is 0 Å². The molecule has 2 saturated heterocycles. The summed E-state index contributed by atoms with van der Waals surface area (Å²) in [7, 11) is 0. The molecule has 4 unspecified atom stereocenters. The first kappa shape index (κ1) is 11.6. The van der Waals surface area contributed by atoms with Crippen molar-refractivity contribution in [2.45, 2.75) is 18.6 Å². The molecule has 0 spiro atoms. The number of amides is 3. The number of hydrogen-bond acceptors (Lipinski definition) is 4. The van der Waals surface area contributed by atoms with Gasteiger partial charge >= 0.3 is 6.03 Å². The fraction of sp³-hybridized carbons (Fsp3) is 0.357. The topological polar surface area (TPSA) is 87.3 Å². The molecule has 2 heterocycles. The van der Waals surface area contributed by atoms with Gasteiger partial charge in [0.05, 0.1) is 12.1 Å². The van der Waals surface area contributed by atoms with Gasteiger partial charge in [0.2, 0.25) is 5.91 Å². The third-order valence-electron chi connectivity index (χ3n) is 4.43. The Bertz CT molecular complexity index is 642. The van der Waals surface area contributed by atoms with E-state index in [2.05, 4.69) is 16.0 Å². The van der Waals surface area contributed by atoms with Gasteiger partial charge in [0.25, 0.3) is 0 Å². The maximum Gasteiger partial charge on any atom is 0.322 e. The fourth-order valence-electron chi connectivity index (χ4n) is 3.51. The molecule has 1 aromatic carbocycles. The smallest absolute Gasteiger partial charge is 0.322 e. The minimum Gasteiger partial charge on any atom is -0.322 e. The maximum absolute atomic E-state index is 12.4. The highest BCUT2D eigenvalue weighted by Crippen LogP contribution is 2.43. The van der Waals surface area contributed by atoms with Crippen molar-refractivity contribution >= 4 is 17.7 Å². The van der Waals surface area contributed by atoms with Gasteiger partial charge in [-0.3, -0.25) is 20.2 Å². The predicted octanol–water partition coefficient (Wildman–Crippen LogP) is 0.315. The molecule has 3 N–H and O–H groups in total. The van der Waals surface area contributed by atoms with Crippen LogP contribution in [0.3, 0.4) is 0 Å². The lowest BCUT2D eigenvalue weighted by molar-refractivity contribution is -0.127. The Labute approximate surface area is 114 Å². The minimum absolute atomic E-state index is 0.0845. The van der Waals surface area contributed by atoms with Gasteiger partial charge in [-0.05, 0) is 12.0 Å². The van der Waals surface area contributed by atoms with Crippen LogP contribution in [0.15, 0.2) is 24.3 Å². The Kier molecular flexibility index (Phi) is 2.26. The Morgan fingerprint density at radius 1 is 1.05 bits per heavy atom. The van der Waals surface area contributed by atoms with Crippen LogP contribution in [0, 0.1) is 11.8 Å². The minimum atomic E-state index is -0.486. The van der Waals surface area contributed by atoms with Crippen molar-refractivity contribution in [3.05, 3.63) is 35.4 Å². The van der Waals surface area contributed by atoms with Gasteiger partial charge in [-0.15, -0.1) is 0 Å². The zero-order chi connectivity index (χ0) is 13.9. The summed E-state index contributed by atoms with van der Waals surface area (Å²) in [6.45, 7) is 0. The fourth-order valence-corrected chi connectivity index (χ4v) is 3.51. The van der Waals surface area contributed by atoms with Crippen molar-refractivity contribution in [3.8, 4) is 0 Å². The van der Waals surface area contributed by atoms with Crippen LogP contribution in [0.1, 0.15) is 28.4 Å². The summed E-state index contributed by atoms with van der Waals surface area (Å²) in [4.78, 5) is 35.7. The first-order valence-electron chi connectivity index (χ1n) is 6.65. The third kappa shape index (κ3) is 1.45. The third-order valence-corrected chi connectivity index (χ3v) is 4.43. The highest BCUT2D eigenvalue weighted by atomic mass is 16.2. The van der Waals surface area contributed by atoms with Crippen molar-refractivity contribution < 1.29 is 14.4 Å². The number of rotatable bonds is 0. The molecule has 6 nitrogen and oxygen atoms in total. The van der Waals surface area contributed by atoms with E-state index in [9.17, 15) is 14.4 Å². The summed E-state index contributed by atoms with van der Waals surface area (Å²) >= 11 is 0. The van der Waals surface area contributed by atoms with Crippen molar-refractivity contribution in [1.82, 2.24) is 16.0 Å². The normalized spacial score (nSPS) is 34.7. The van der Waals surface area contributed by atoms with Crippen molar-refractivity contribution in [2.75, 3.05) is 0 Å². The molecule has 4 rings (SSSR count). The quantitative estimate of drug-likeness (QED) is 0.634. The van der Waals surface area contributed by atoms with Crippen LogP contribution in [0.5, 0.6) is 0 Å². The van der Waals surface area contributed by atoms with Gasteiger partial charge in [-0.25, -0.2) is 4.79 Å². The van der Waals surface area contributed by atoms with E-state index in [-0.39, 0.29) is 23.7 Å². The molecule has 6 heteroatoms. The zero-order valence-corrected chi connectivity index (χ0v) is 10.6. The van der Waals surface area contributed by atoms with E-state index in [1.165, 1.54) is 0 Å². The molecule has 3 amide bonds. The Morgan fingerprint density at radius 3 is 2.70 bits per heavy atom. The first-order valence-corrected chi connectivity index (χ1v) is 6.65. The standard InChI is InChI=1S/C14H13N3O3/c18-11-7-4-2-1-3-6(7)10-8(11)5-9-12(15-10)16-14(20)17-13(9)19/h1-4,8-10,12,15H,5H2,(H2,16,17,19,20). The zero-order valence-electron chi connectivity index (χ0n) is 10.6. The average molecular weight is 271 g/mol. The number of Topliss-reactive ketones (excluding diaryl/α,β-unsaturated/α-hetero) is 1. The second kappa shape index (κ2) is 3.89. The highest BCUT2D eigenvalue weighted by molar-refractivity contribution is 6.04. The lowest BCUT2D eigenvalue weighted by atomic mass is 9.81. The van der Waals surface area contributed by atoms with Crippen LogP contribution in [-0.4, -0.2) is 23.9 Å². The van der Waals surface area contributed by atoms with Crippen molar-refractivity contribution in [1.29, 1.82) is 0 Å². The highest BCUT2D eigenvalue weighted by Gasteiger charge is 2.50. The Morgan fingerprint density at radius 2 is 1.85 bits per heavy atom. The molecule has 20 heavy (non-hydrogen) atoms. The number of imide groups is 1. The molecule has 3 aliphatic rings. The van der Waals surface area contributed by atoms with Gasteiger partial charge in [0.15, 0.2) is 5.78 Å². The Hall–Kier alpha value is -2.21. The van der Waals surface area contributed by atoms with Gasteiger partial charge in [-0.2, -0.15) is 0 Å². The van der Waals surface area contributed by atoms with Crippen LogP contribution in [0.2, 0.25) is 0 Å². The van der Waals surface area contributed by atoms with Gasteiger partial charge in [-0.1, -0.05) is 24.3 Å². The summed E-state index contributed by atoms with van der Waals surface area (Å²) < 4.78 is 0. The number of benzene rings is 1. The number of hydrogen-bond donors (Lipinski definition) is 3. The summed E-state index contributed by atoms with van der Waals surface area (Å²) in [6, 6.07) is 6.88. The molecule has 0 bridgehead atoms. The lowest BCUT2D eigenvalue weighted by Gasteiger charge is -2.41. The number of carbonyl (C=O) groups is 3.